The molecule has 8 rings (SSSR count). The van der Waals surface area contributed by atoms with Crippen molar-refractivity contribution in [3.05, 3.63) is 164 Å². The van der Waals surface area contributed by atoms with Gasteiger partial charge < -0.3 is 0 Å². The molecule has 0 N–H and O–H groups in total. The highest BCUT2D eigenvalue weighted by atomic mass is 15.0. The lowest BCUT2D eigenvalue weighted by Crippen LogP contribution is -2.00. The van der Waals surface area contributed by atoms with Crippen LogP contribution >= 0.6 is 0 Å². The molecule has 0 radical (unpaired) electrons. The van der Waals surface area contributed by atoms with Crippen LogP contribution in [0.25, 0.3) is 78.0 Å². The first kappa shape index (κ1) is 25.8. The molecule has 3 nitrogen and oxygen atoms in total. The van der Waals surface area contributed by atoms with Crippen molar-refractivity contribution in [3.63, 3.8) is 0 Å². The third kappa shape index (κ3) is 5.01. The first-order valence-electron chi connectivity index (χ1n) is 14.8. The average Bonchev–Trinajstić information content (AvgIpc) is 3.11. The maximum Gasteiger partial charge on any atom is 0.164 e. The van der Waals surface area contributed by atoms with E-state index in [9.17, 15) is 0 Å². The summed E-state index contributed by atoms with van der Waals surface area (Å²) in [4.78, 5) is 14.8. The van der Waals surface area contributed by atoms with Crippen molar-refractivity contribution in [2.24, 2.45) is 0 Å². The topological polar surface area (TPSA) is 38.7 Å². The van der Waals surface area contributed by atoms with Gasteiger partial charge in [0.1, 0.15) is 0 Å². The van der Waals surface area contributed by atoms with E-state index in [1.54, 1.807) is 0 Å². The van der Waals surface area contributed by atoms with E-state index in [1.165, 1.54) is 32.7 Å². The molecule has 1 aromatic heterocycles. The smallest absolute Gasteiger partial charge is 0.164 e. The molecule has 8 aromatic rings. The molecule has 0 amide bonds. The second-order valence-electron chi connectivity index (χ2n) is 11.0. The fourth-order valence-corrected chi connectivity index (χ4v) is 5.71. The lowest BCUT2D eigenvalue weighted by Gasteiger charge is -2.10. The first-order chi connectivity index (χ1) is 21.8. The fraction of sp³-hybridized carbons (Fsp3) is 0. The molecule has 0 saturated carbocycles. The molecule has 0 aliphatic rings. The number of hydrogen-bond acceptors (Lipinski definition) is 3. The van der Waals surface area contributed by atoms with Crippen LogP contribution in [0.2, 0.25) is 0 Å². The van der Waals surface area contributed by atoms with Crippen LogP contribution in [-0.2, 0) is 0 Å². The summed E-state index contributed by atoms with van der Waals surface area (Å²) in [5.74, 6) is 1.96. The van der Waals surface area contributed by atoms with Crippen molar-refractivity contribution in [2.75, 3.05) is 0 Å². The van der Waals surface area contributed by atoms with Crippen LogP contribution in [0.1, 0.15) is 0 Å². The molecular weight excluding hydrogens is 534 g/mol. The lowest BCUT2D eigenvalue weighted by atomic mass is 10.00. The van der Waals surface area contributed by atoms with Gasteiger partial charge in [-0.3, -0.25) is 0 Å². The maximum atomic E-state index is 4.96. The van der Waals surface area contributed by atoms with E-state index in [4.69, 9.17) is 15.0 Å². The Morgan fingerprint density at radius 3 is 0.977 bits per heavy atom. The number of aromatic nitrogens is 3. The van der Waals surface area contributed by atoms with Crippen LogP contribution in [0.5, 0.6) is 0 Å². The van der Waals surface area contributed by atoms with Crippen LogP contribution in [-0.4, -0.2) is 15.0 Å². The summed E-state index contributed by atoms with van der Waals surface area (Å²) in [6.45, 7) is 0. The zero-order chi connectivity index (χ0) is 29.3. The summed E-state index contributed by atoms with van der Waals surface area (Å²) in [6, 6.07) is 57.1. The molecular formula is C41H27N3. The van der Waals surface area contributed by atoms with Crippen LogP contribution in [0.15, 0.2) is 164 Å². The van der Waals surface area contributed by atoms with E-state index >= 15 is 0 Å². The van der Waals surface area contributed by atoms with Crippen LogP contribution in [0.4, 0.5) is 0 Å². The van der Waals surface area contributed by atoms with Gasteiger partial charge in [0.15, 0.2) is 17.5 Å². The molecule has 0 atom stereocenters. The summed E-state index contributed by atoms with van der Waals surface area (Å²) in [7, 11) is 0. The molecule has 0 bridgehead atoms. The van der Waals surface area contributed by atoms with E-state index in [0.29, 0.717) is 17.5 Å². The predicted molar refractivity (Wildman–Crippen MR) is 182 cm³/mol. The Kier molecular flexibility index (Phi) is 6.47. The third-order valence-electron chi connectivity index (χ3n) is 8.12. The molecule has 0 unspecified atom stereocenters. The third-order valence-corrected chi connectivity index (χ3v) is 8.12. The normalized spacial score (nSPS) is 11.2. The van der Waals surface area contributed by atoms with Crippen LogP contribution in [0.3, 0.4) is 0 Å². The summed E-state index contributed by atoms with van der Waals surface area (Å²) in [5, 5.41) is 4.94. The first-order valence-corrected chi connectivity index (χ1v) is 14.8. The van der Waals surface area contributed by atoms with Gasteiger partial charge in [0.2, 0.25) is 0 Å². The maximum absolute atomic E-state index is 4.96. The number of rotatable bonds is 5. The highest BCUT2D eigenvalue weighted by Gasteiger charge is 2.13. The molecule has 0 aliphatic heterocycles. The quantitative estimate of drug-likeness (QED) is 0.210. The van der Waals surface area contributed by atoms with Crippen LogP contribution in [0, 0.1) is 0 Å². The van der Waals surface area contributed by atoms with E-state index in [2.05, 4.69) is 133 Å². The molecule has 0 spiro atoms. The van der Waals surface area contributed by atoms with Gasteiger partial charge in [-0.05, 0) is 55.9 Å². The zero-order valence-corrected chi connectivity index (χ0v) is 23.9. The molecule has 206 valence electrons. The monoisotopic (exact) mass is 561 g/mol. The second-order valence-corrected chi connectivity index (χ2v) is 11.0. The van der Waals surface area contributed by atoms with Gasteiger partial charge in [-0.1, -0.05) is 152 Å². The molecule has 7 aromatic carbocycles. The molecule has 1 heterocycles. The van der Waals surface area contributed by atoms with Gasteiger partial charge in [0.05, 0.1) is 0 Å². The Bertz CT molecular complexity index is 2110. The highest BCUT2D eigenvalue weighted by Crippen LogP contribution is 2.30. The van der Waals surface area contributed by atoms with Gasteiger partial charge in [0.25, 0.3) is 0 Å². The molecule has 0 saturated heterocycles. The number of hydrogen-bond donors (Lipinski definition) is 0. The number of nitrogens with zero attached hydrogens (tertiary/aromatic N) is 3. The van der Waals surface area contributed by atoms with Crippen molar-refractivity contribution in [1.29, 1.82) is 0 Å². The molecule has 3 heteroatoms. The lowest BCUT2D eigenvalue weighted by molar-refractivity contribution is 1.07. The predicted octanol–water partition coefficient (Wildman–Crippen LogP) is 10.5. The minimum absolute atomic E-state index is 0.650. The van der Waals surface area contributed by atoms with Crippen molar-refractivity contribution in [3.8, 4) is 56.4 Å². The standard InChI is InChI=1S/C41H27N3/c1-2-10-32(11-3-1)39-42-40(33-20-14-30(15-21-33)37-24-18-28-8-4-6-12-35(28)26-37)44-41(43-39)34-22-16-31(17-23-34)38-25-19-29-9-5-7-13-36(29)27-38/h1-27H. The largest absolute Gasteiger partial charge is 0.208 e. The minimum Gasteiger partial charge on any atom is -0.208 e. The van der Waals surface area contributed by atoms with Crippen molar-refractivity contribution >= 4 is 21.5 Å². The van der Waals surface area contributed by atoms with Crippen molar-refractivity contribution in [1.82, 2.24) is 15.0 Å². The summed E-state index contributed by atoms with van der Waals surface area (Å²) >= 11 is 0. The molecule has 0 fully saturated rings. The van der Waals surface area contributed by atoms with Gasteiger partial charge in [-0.15, -0.1) is 0 Å². The van der Waals surface area contributed by atoms with Crippen LogP contribution < -0.4 is 0 Å². The van der Waals surface area contributed by atoms with Gasteiger partial charge in [0, 0.05) is 16.7 Å². The SMILES string of the molecule is c1ccc(-c2nc(-c3ccc(-c4ccc5ccccc5c4)cc3)nc(-c3ccc(-c4ccc5ccccc5c4)cc3)n2)cc1. The average molecular weight is 562 g/mol. The summed E-state index contributed by atoms with van der Waals surface area (Å²) in [6.07, 6.45) is 0. The van der Waals surface area contributed by atoms with Crippen molar-refractivity contribution in [2.45, 2.75) is 0 Å². The molecule has 0 aliphatic carbocycles. The fourth-order valence-electron chi connectivity index (χ4n) is 5.71. The van der Waals surface area contributed by atoms with E-state index in [1.807, 2.05) is 30.3 Å². The van der Waals surface area contributed by atoms with E-state index in [-0.39, 0.29) is 0 Å². The molecule has 44 heavy (non-hydrogen) atoms. The number of fused-ring (bicyclic) bond motifs is 2. The Labute approximate surface area is 256 Å². The minimum atomic E-state index is 0.650. The summed E-state index contributed by atoms with van der Waals surface area (Å²) < 4.78 is 0. The van der Waals surface area contributed by atoms with E-state index < -0.39 is 0 Å². The Hall–Kier alpha value is -5.93. The Morgan fingerprint density at radius 2 is 0.545 bits per heavy atom. The van der Waals surface area contributed by atoms with Gasteiger partial charge in [-0.2, -0.15) is 0 Å². The Balaban J connectivity index is 1.16. The number of benzene rings is 7. The zero-order valence-electron chi connectivity index (χ0n) is 23.9. The highest BCUT2D eigenvalue weighted by molar-refractivity contribution is 5.88. The second kappa shape index (κ2) is 11.0. The van der Waals surface area contributed by atoms with Gasteiger partial charge in [-0.25, -0.2) is 15.0 Å². The van der Waals surface area contributed by atoms with E-state index in [0.717, 1.165) is 27.8 Å². The Morgan fingerprint density at radius 1 is 0.227 bits per heavy atom. The van der Waals surface area contributed by atoms with Crippen molar-refractivity contribution < 1.29 is 0 Å². The summed E-state index contributed by atoms with van der Waals surface area (Å²) in [5.41, 5.74) is 7.53. The van der Waals surface area contributed by atoms with Gasteiger partial charge >= 0.3 is 0 Å².